The Labute approximate surface area is 166 Å². The van der Waals surface area contributed by atoms with Gasteiger partial charge in [0, 0.05) is 0 Å². The van der Waals surface area contributed by atoms with Crippen LogP contribution in [0, 0.1) is 17.3 Å². The molecule has 5 atom stereocenters. The zero-order valence-corrected chi connectivity index (χ0v) is 16.4. The lowest BCUT2D eigenvalue weighted by Gasteiger charge is -2.50. The number of para-hydroxylation sites is 2. The van der Waals surface area contributed by atoms with Crippen molar-refractivity contribution in [3.8, 4) is 17.2 Å². The minimum Gasteiger partial charge on any atom is -0.508 e. The van der Waals surface area contributed by atoms with Gasteiger partial charge in [-0.3, -0.25) is 0 Å². The SMILES string of the molecule is C[C@]12CC[C@@H]3c4ccc(O)cc4CC[C@H]3[C@@H]1CC[C@@H]2O.Oc1ccccc1O. The van der Waals surface area contributed by atoms with E-state index in [0.717, 1.165) is 25.2 Å². The second-order valence-corrected chi connectivity index (χ2v) is 8.92. The molecule has 2 aromatic rings. The van der Waals surface area contributed by atoms with Crippen LogP contribution in [0.1, 0.15) is 56.1 Å². The van der Waals surface area contributed by atoms with E-state index in [2.05, 4.69) is 13.0 Å². The van der Waals surface area contributed by atoms with E-state index in [1.54, 1.807) is 12.1 Å². The molecule has 0 radical (unpaired) electrons. The van der Waals surface area contributed by atoms with Crippen LogP contribution in [0.25, 0.3) is 0 Å². The average molecular weight is 382 g/mol. The van der Waals surface area contributed by atoms with E-state index in [1.807, 2.05) is 12.1 Å². The summed E-state index contributed by atoms with van der Waals surface area (Å²) in [5.74, 6) is 2.34. The molecule has 5 rings (SSSR count). The molecule has 0 bridgehead atoms. The summed E-state index contributed by atoms with van der Waals surface area (Å²) in [6.07, 6.45) is 6.78. The first-order chi connectivity index (χ1) is 13.4. The molecule has 0 unspecified atom stereocenters. The fourth-order valence-electron chi connectivity index (χ4n) is 6.01. The largest absolute Gasteiger partial charge is 0.508 e. The molecule has 0 amide bonds. The number of aliphatic hydroxyl groups excluding tert-OH is 1. The van der Waals surface area contributed by atoms with Crippen molar-refractivity contribution in [1.82, 2.24) is 0 Å². The van der Waals surface area contributed by atoms with Gasteiger partial charge in [0.25, 0.3) is 0 Å². The highest BCUT2D eigenvalue weighted by Gasteiger charge is 2.54. The molecule has 4 N–H and O–H groups in total. The molecule has 4 heteroatoms. The fraction of sp³-hybridized carbons (Fsp3) is 0.500. The van der Waals surface area contributed by atoms with Gasteiger partial charge in [0.15, 0.2) is 11.5 Å². The summed E-state index contributed by atoms with van der Waals surface area (Å²) in [4.78, 5) is 0. The van der Waals surface area contributed by atoms with E-state index >= 15 is 0 Å². The fourth-order valence-corrected chi connectivity index (χ4v) is 6.01. The summed E-state index contributed by atoms with van der Waals surface area (Å²) < 4.78 is 0. The maximum Gasteiger partial charge on any atom is 0.157 e. The first-order valence-electron chi connectivity index (χ1n) is 10.4. The van der Waals surface area contributed by atoms with E-state index in [-0.39, 0.29) is 23.0 Å². The lowest BCUT2D eigenvalue weighted by atomic mass is 9.55. The number of aromatic hydroxyl groups is 3. The minimum atomic E-state index is -0.0883. The first kappa shape index (κ1) is 19.1. The van der Waals surface area contributed by atoms with Gasteiger partial charge in [-0.15, -0.1) is 0 Å². The Kier molecular flexibility index (Phi) is 5.00. The lowest BCUT2D eigenvalue weighted by Crippen LogP contribution is -2.43. The van der Waals surface area contributed by atoms with Gasteiger partial charge in [0.2, 0.25) is 0 Å². The van der Waals surface area contributed by atoms with Crippen molar-refractivity contribution in [2.24, 2.45) is 17.3 Å². The Morgan fingerprint density at radius 1 is 0.893 bits per heavy atom. The molecule has 0 spiro atoms. The maximum atomic E-state index is 10.4. The number of hydrogen-bond acceptors (Lipinski definition) is 4. The Hall–Kier alpha value is -2.20. The Morgan fingerprint density at radius 3 is 2.29 bits per heavy atom. The highest BCUT2D eigenvalue weighted by molar-refractivity contribution is 5.40. The molecule has 2 aromatic carbocycles. The number of phenolic OH excluding ortho intramolecular Hbond substituents is 3. The molecule has 0 heterocycles. The quantitative estimate of drug-likeness (QED) is 0.498. The number of rotatable bonds is 0. The number of aliphatic hydroxyl groups is 1. The molecule has 2 saturated carbocycles. The number of aryl methyl sites for hydroxylation is 1. The lowest BCUT2D eigenvalue weighted by molar-refractivity contribution is -0.0226. The minimum absolute atomic E-state index is 0.0764. The molecular formula is C24H30O4. The molecular weight excluding hydrogens is 352 g/mol. The number of fused-ring (bicyclic) bond motifs is 5. The summed E-state index contributed by atoms with van der Waals surface area (Å²) in [6.45, 7) is 2.32. The van der Waals surface area contributed by atoms with Crippen LogP contribution in [0.4, 0.5) is 0 Å². The van der Waals surface area contributed by atoms with Gasteiger partial charge in [-0.05, 0) is 97.1 Å². The smallest absolute Gasteiger partial charge is 0.157 e. The topological polar surface area (TPSA) is 80.9 Å². The van der Waals surface area contributed by atoms with Crippen molar-refractivity contribution in [2.75, 3.05) is 0 Å². The van der Waals surface area contributed by atoms with E-state index in [0.29, 0.717) is 17.6 Å². The third-order valence-corrected chi connectivity index (χ3v) is 7.54. The second kappa shape index (κ2) is 7.32. The van der Waals surface area contributed by atoms with Gasteiger partial charge in [0.1, 0.15) is 5.75 Å². The summed E-state index contributed by atoms with van der Waals surface area (Å²) >= 11 is 0. The van der Waals surface area contributed by atoms with Gasteiger partial charge in [-0.2, -0.15) is 0 Å². The van der Waals surface area contributed by atoms with Crippen molar-refractivity contribution in [2.45, 2.75) is 57.5 Å². The third kappa shape index (κ3) is 3.24. The number of benzene rings is 2. The highest BCUT2D eigenvalue weighted by atomic mass is 16.3. The zero-order chi connectivity index (χ0) is 19.9. The van der Waals surface area contributed by atoms with Gasteiger partial charge < -0.3 is 20.4 Å². The normalized spacial score (nSPS) is 33.1. The molecule has 0 aliphatic heterocycles. The summed E-state index contributed by atoms with van der Waals surface area (Å²) in [5.41, 5.74) is 2.99. The van der Waals surface area contributed by atoms with Crippen LogP contribution in [-0.2, 0) is 6.42 Å². The standard InChI is InChI=1S/C18H24O2.C6H6O2/c1-18-9-8-14-13-5-3-12(19)10-11(13)2-4-15(14)16(18)6-7-17(18)20;7-5-3-1-2-4-6(5)8/h3,5,10,14-17,19-20H,2,4,6-9H2,1H3;1-4,7-8H/t14-,15-,16+,17+,18+;/m1./s1. The first-order valence-corrected chi connectivity index (χ1v) is 10.4. The molecule has 2 fully saturated rings. The van der Waals surface area contributed by atoms with Gasteiger partial charge in [0.05, 0.1) is 6.10 Å². The predicted octanol–water partition coefficient (Wildman–Crippen LogP) is 4.71. The van der Waals surface area contributed by atoms with Crippen LogP contribution in [0.15, 0.2) is 42.5 Å². The van der Waals surface area contributed by atoms with E-state index in [4.69, 9.17) is 10.2 Å². The van der Waals surface area contributed by atoms with Crippen LogP contribution in [0.5, 0.6) is 17.2 Å². The van der Waals surface area contributed by atoms with Gasteiger partial charge >= 0.3 is 0 Å². The van der Waals surface area contributed by atoms with Crippen molar-refractivity contribution >= 4 is 0 Å². The van der Waals surface area contributed by atoms with Crippen LogP contribution in [0.2, 0.25) is 0 Å². The average Bonchev–Trinajstić information content (AvgIpc) is 2.99. The monoisotopic (exact) mass is 382 g/mol. The van der Waals surface area contributed by atoms with Gasteiger partial charge in [-0.1, -0.05) is 25.1 Å². The van der Waals surface area contributed by atoms with E-state index in [1.165, 1.54) is 42.5 Å². The van der Waals surface area contributed by atoms with Crippen LogP contribution < -0.4 is 0 Å². The molecule has 0 aromatic heterocycles. The van der Waals surface area contributed by atoms with Crippen molar-refractivity contribution in [1.29, 1.82) is 0 Å². The Balaban J connectivity index is 0.000000203. The molecule has 28 heavy (non-hydrogen) atoms. The molecule has 3 aliphatic carbocycles. The second-order valence-electron chi connectivity index (χ2n) is 8.92. The summed E-state index contributed by atoms with van der Waals surface area (Å²) in [7, 11) is 0. The highest BCUT2D eigenvalue weighted by Crippen LogP contribution is 2.60. The van der Waals surface area contributed by atoms with Crippen molar-refractivity contribution < 1.29 is 20.4 Å². The van der Waals surface area contributed by atoms with E-state index in [9.17, 15) is 10.2 Å². The molecule has 3 aliphatic rings. The van der Waals surface area contributed by atoms with Crippen molar-refractivity contribution in [3.63, 3.8) is 0 Å². The molecule has 0 saturated heterocycles. The third-order valence-electron chi connectivity index (χ3n) is 7.54. The zero-order valence-electron chi connectivity index (χ0n) is 16.4. The maximum absolute atomic E-state index is 10.4. The number of hydrogen-bond donors (Lipinski definition) is 4. The molecule has 150 valence electrons. The van der Waals surface area contributed by atoms with Crippen LogP contribution >= 0.6 is 0 Å². The van der Waals surface area contributed by atoms with Crippen molar-refractivity contribution in [3.05, 3.63) is 53.6 Å². The molecule has 4 nitrogen and oxygen atoms in total. The Bertz CT molecular complexity index is 827. The van der Waals surface area contributed by atoms with Crippen LogP contribution in [0.3, 0.4) is 0 Å². The number of phenols is 3. The summed E-state index contributed by atoms with van der Waals surface area (Å²) in [5, 5.41) is 37.4. The summed E-state index contributed by atoms with van der Waals surface area (Å²) in [6, 6.07) is 12.1. The predicted molar refractivity (Wildman–Crippen MR) is 109 cm³/mol. The Morgan fingerprint density at radius 2 is 1.61 bits per heavy atom. The van der Waals surface area contributed by atoms with E-state index < -0.39 is 0 Å². The van der Waals surface area contributed by atoms with Gasteiger partial charge in [-0.25, -0.2) is 0 Å². The van der Waals surface area contributed by atoms with Crippen LogP contribution in [-0.4, -0.2) is 26.5 Å².